The second kappa shape index (κ2) is 4.74. The first-order valence-corrected chi connectivity index (χ1v) is 7.03. The molecule has 0 spiro atoms. The SMILES string of the molecule is Cc1cccc(C)c1NC(=O)C1=CC(C)(C)NC1(C)C. The van der Waals surface area contributed by atoms with Gasteiger partial charge in [0.25, 0.3) is 5.91 Å². The Morgan fingerprint density at radius 2 is 1.65 bits per heavy atom. The summed E-state index contributed by atoms with van der Waals surface area (Å²) in [5.41, 5.74) is 3.41. The minimum atomic E-state index is -0.315. The van der Waals surface area contributed by atoms with Crippen molar-refractivity contribution in [2.45, 2.75) is 52.6 Å². The lowest BCUT2D eigenvalue weighted by Crippen LogP contribution is -2.47. The van der Waals surface area contributed by atoms with Gasteiger partial charge in [-0.2, -0.15) is 0 Å². The first-order chi connectivity index (χ1) is 9.12. The summed E-state index contributed by atoms with van der Waals surface area (Å²) in [7, 11) is 0. The average Bonchev–Trinajstić information content (AvgIpc) is 2.52. The number of hydrogen-bond donors (Lipinski definition) is 2. The third kappa shape index (κ3) is 2.78. The minimum absolute atomic E-state index is 0.0227. The van der Waals surface area contributed by atoms with E-state index in [0.29, 0.717) is 0 Å². The topological polar surface area (TPSA) is 41.1 Å². The van der Waals surface area contributed by atoms with Crippen molar-refractivity contribution >= 4 is 11.6 Å². The second-order valence-corrected chi connectivity index (χ2v) is 6.75. The number of para-hydroxylation sites is 1. The zero-order valence-electron chi connectivity index (χ0n) is 13.2. The summed E-state index contributed by atoms with van der Waals surface area (Å²) >= 11 is 0. The van der Waals surface area contributed by atoms with Gasteiger partial charge in [0.15, 0.2) is 0 Å². The van der Waals surface area contributed by atoms with Gasteiger partial charge < -0.3 is 5.32 Å². The Morgan fingerprint density at radius 3 is 2.10 bits per heavy atom. The number of aryl methyl sites for hydroxylation is 2. The van der Waals surface area contributed by atoms with E-state index in [1.165, 1.54) is 0 Å². The van der Waals surface area contributed by atoms with Crippen molar-refractivity contribution in [3.8, 4) is 0 Å². The molecule has 0 saturated carbocycles. The van der Waals surface area contributed by atoms with Crippen LogP contribution in [0.15, 0.2) is 29.8 Å². The fourth-order valence-electron chi connectivity index (χ4n) is 2.99. The zero-order chi connectivity index (χ0) is 15.1. The van der Waals surface area contributed by atoms with Crippen molar-refractivity contribution in [3.63, 3.8) is 0 Å². The number of anilines is 1. The predicted octanol–water partition coefficient (Wildman–Crippen LogP) is 3.33. The zero-order valence-corrected chi connectivity index (χ0v) is 13.2. The van der Waals surface area contributed by atoms with E-state index in [4.69, 9.17) is 0 Å². The maximum absolute atomic E-state index is 12.6. The van der Waals surface area contributed by atoms with E-state index in [9.17, 15) is 4.79 Å². The molecule has 0 aliphatic carbocycles. The summed E-state index contributed by atoms with van der Waals surface area (Å²) in [4.78, 5) is 12.6. The van der Waals surface area contributed by atoms with Crippen molar-refractivity contribution in [1.29, 1.82) is 0 Å². The van der Waals surface area contributed by atoms with E-state index < -0.39 is 0 Å². The molecule has 20 heavy (non-hydrogen) atoms. The Balaban J connectivity index is 2.30. The second-order valence-electron chi connectivity index (χ2n) is 6.75. The number of amides is 1. The van der Waals surface area contributed by atoms with E-state index >= 15 is 0 Å². The lowest BCUT2D eigenvalue weighted by Gasteiger charge is -2.27. The van der Waals surface area contributed by atoms with Crippen LogP contribution in [0.5, 0.6) is 0 Å². The molecule has 3 nitrogen and oxygen atoms in total. The Bertz CT molecular complexity index is 562. The molecule has 1 heterocycles. The maximum atomic E-state index is 12.6. The van der Waals surface area contributed by atoms with Crippen LogP contribution in [-0.2, 0) is 4.79 Å². The smallest absolute Gasteiger partial charge is 0.253 e. The van der Waals surface area contributed by atoms with Crippen LogP contribution in [0.3, 0.4) is 0 Å². The number of nitrogens with one attached hydrogen (secondary N) is 2. The standard InChI is InChI=1S/C17H24N2O/c1-11-8-7-9-12(2)14(11)18-15(20)13-10-16(3,4)19-17(13,5)6/h7-10,19H,1-6H3,(H,18,20). The highest BCUT2D eigenvalue weighted by Gasteiger charge is 2.40. The molecule has 2 N–H and O–H groups in total. The normalized spacial score (nSPS) is 19.6. The summed E-state index contributed by atoms with van der Waals surface area (Å²) in [6, 6.07) is 6.03. The van der Waals surface area contributed by atoms with E-state index in [0.717, 1.165) is 22.4 Å². The first-order valence-electron chi connectivity index (χ1n) is 7.03. The molecular formula is C17H24N2O. The fourth-order valence-corrected chi connectivity index (χ4v) is 2.99. The molecule has 1 amide bonds. The molecule has 0 saturated heterocycles. The number of benzene rings is 1. The van der Waals surface area contributed by atoms with Crippen LogP contribution >= 0.6 is 0 Å². The average molecular weight is 272 g/mol. The highest BCUT2D eigenvalue weighted by Crippen LogP contribution is 2.31. The molecule has 0 aromatic heterocycles. The highest BCUT2D eigenvalue weighted by atomic mass is 16.1. The van der Waals surface area contributed by atoms with E-state index in [1.54, 1.807) is 0 Å². The summed E-state index contributed by atoms with van der Waals surface area (Å²) in [5, 5.41) is 6.53. The molecule has 108 valence electrons. The molecule has 0 bridgehead atoms. The van der Waals surface area contributed by atoms with Gasteiger partial charge in [-0.15, -0.1) is 0 Å². The van der Waals surface area contributed by atoms with Crippen LogP contribution in [0.25, 0.3) is 0 Å². The van der Waals surface area contributed by atoms with E-state index in [-0.39, 0.29) is 17.0 Å². The van der Waals surface area contributed by atoms with E-state index in [2.05, 4.69) is 24.5 Å². The van der Waals surface area contributed by atoms with Gasteiger partial charge in [-0.25, -0.2) is 0 Å². The van der Waals surface area contributed by atoms with Crippen molar-refractivity contribution in [1.82, 2.24) is 5.32 Å². The van der Waals surface area contributed by atoms with Crippen LogP contribution in [-0.4, -0.2) is 17.0 Å². The number of hydrogen-bond acceptors (Lipinski definition) is 2. The van der Waals surface area contributed by atoms with Gasteiger partial charge in [0.1, 0.15) is 0 Å². The number of carbonyl (C=O) groups is 1. The molecule has 1 aromatic carbocycles. The maximum Gasteiger partial charge on any atom is 0.253 e. The van der Waals surface area contributed by atoms with Gasteiger partial charge in [0.2, 0.25) is 0 Å². The quantitative estimate of drug-likeness (QED) is 0.867. The molecule has 0 fully saturated rings. The van der Waals surface area contributed by atoms with Crippen LogP contribution in [0.1, 0.15) is 38.8 Å². The summed E-state index contributed by atoms with van der Waals surface area (Å²) in [6.45, 7) is 12.3. The Kier molecular flexibility index (Phi) is 3.51. The van der Waals surface area contributed by atoms with Gasteiger partial charge in [-0.3, -0.25) is 10.1 Å². The van der Waals surface area contributed by atoms with Crippen molar-refractivity contribution in [2.75, 3.05) is 5.32 Å². The van der Waals surface area contributed by atoms with Crippen LogP contribution < -0.4 is 10.6 Å². The molecule has 1 aliphatic heterocycles. The molecule has 1 aliphatic rings. The monoisotopic (exact) mass is 272 g/mol. The Morgan fingerprint density at radius 1 is 1.10 bits per heavy atom. The number of carbonyl (C=O) groups excluding carboxylic acids is 1. The molecule has 0 unspecified atom stereocenters. The summed E-state index contributed by atoms with van der Waals surface area (Å²) in [5.74, 6) is -0.0227. The number of rotatable bonds is 2. The van der Waals surface area contributed by atoms with Crippen molar-refractivity contribution < 1.29 is 4.79 Å². The largest absolute Gasteiger partial charge is 0.322 e. The lowest BCUT2D eigenvalue weighted by molar-refractivity contribution is -0.113. The molecule has 0 radical (unpaired) electrons. The Labute approximate surface area is 121 Å². The summed E-state index contributed by atoms with van der Waals surface area (Å²) < 4.78 is 0. The lowest BCUT2D eigenvalue weighted by atomic mass is 9.95. The predicted molar refractivity (Wildman–Crippen MR) is 83.9 cm³/mol. The first kappa shape index (κ1) is 14.8. The van der Waals surface area contributed by atoms with Gasteiger partial charge in [0.05, 0.1) is 0 Å². The molecule has 2 rings (SSSR count). The van der Waals surface area contributed by atoms with Crippen LogP contribution in [0.2, 0.25) is 0 Å². The minimum Gasteiger partial charge on any atom is -0.322 e. The van der Waals surface area contributed by atoms with Crippen LogP contribution in [0.4, 0.5) is 5.69 Å². The molecule has 0 atom stereocenters. The highest BCUT2D eigenvalue weighted by molar-refractivity contribution is 6.06. The molecule has 1 aromatic rings. The van der Waals surface area contributed by atoms with Crippen molar-refractivity contribution in [3.05, 3.63) is 41.0 Å². The van der Waals surface area contributed by atoms with Crippen LogP contribution in [0, 0.1) is 13.8 Å². The van der Waals surface area contributed by atoms with Gasteiger partial charge in [0, 0.05) is 22.3 Å². The van der Waals surface area contributed by atoms with Crippen molar-refractivity contribution in [2.24, 2.45) is 0 Å². The van der Waals surface area contributed by atoms with Gasteiger partial charge in [-0.05, 0) is 52.7 Å². The molecule has 3 heteroatoms. The van der Waals surface area contributed by atoms with Gasteiger partial charge >= 0.3 is 0 Å². The fraction of sp³-hybridized carbons (Fsp3) is 0.471. The molecular weight excluding hydrogens is 248 g/mol. The van der Waals surface area contributed by atoms with Gasteiger partial charge in [-0.1, -0.05) is 24.3 Å². The third-order valence-electron chi connectivity index (χ3n) is 3.78. The van der Waals surface area contributed by atoms with E-state index in [1.807, 2.05) is 52.0 Å². The Hall–Kier alpha value is -1.61. The summed E-state index contributed by atoms with van der Waals surface area (Å²) in [6.07, 6.45) is 2.02. The third-order valence-corrected chi connectivity index (χ3v) is 3.78.